The van der Waals surface area contributed by atoms with Gasteiger partial charge in [0.1, 0.15) is 0 Å². The zero-order valence-corrected chi connectivity index (χ0v) is 12.7. The van der Waals surface area contributed by atoms with E-state index in [0.29, 0.717) is 24.5 Å². The number of benzene rings is 1. The van der Waals surface area contributed by atoms with Crippen molar-refractivity contribution in [2.45, 2.75) is 19.4 Å². The molecular formula is C15H24FN3O2. The van der Waals surface area contributed by atoms with Crippen molar-refractivity contribution in [1.29, 1.82) is 0 Å². The molecule has 1 aromatic rings. The second kappa shape index (κ2) is 7.47. The number of morpholine rings is 1. The SMILES string of the molecule is CCCOc1cc(NCC2CN(C)CCO2)c(N)cc1F. The summed E-state index contributed by atoms with van der Waals surface area (Å²) in [5.74, 6) is -0.199. The van der Waals surface area contributed by atoms with E-state index in [1.54, 1.807) is 6.07 Å². The van der Waals surface area contributed by atoms with Gasteiger partial charge in [-0.1, -0.05) is 6.92 Å². The predicted octanol–water partition coefficient (Wildman–Crippen LogP) is 1.94. The summed E-state index contributed by atoms with van der Waals surface area (Å²) in [4.78, 5) is 2.22. The summed E-state index contributed by atoms with van der Waals surface area (Å²) in [6.45, 7) is 5.64. The molecular weight excluding hydrogens is 273 g/mol. The summed E-state index contributed by atoms with van der Waals surface area (Å²) < 4.78 is 24.8. The molecule has 1 fully saturated rings. The van der Waals surface area contributed by atoms with Gasteiger partial charge >= 0.3 is 0 Å². The third-order valence-electron chi connectivity index (χ3n) is 3.43. The molecule has 1 saturated heterocycles. The Morgan fingerprint density at radius 1 is 1.52 bits per heavy atom. The molecule has 1 aromatic carbocycles. The summed E-state index contributed by atoms with van der Waals surface area (Å²) in [5, 5.41) is 3.22. The van der Waals surface area contributed by atoms with E-state index in [1.165, 1.54) is 6.07 Å². The Kier molecular flexibility index (Phi) is 5.64. The minimum absolute atomic E-state index is 0.105. The van der Waals surface area contributed by atoms with E-state index in [4.69, 9.17) is 15.2 Å². The lowest BCUT2D eigenvalue weighted by atomic mass is 10.2. The van der Waals surface area contributed by atoms with Gasteiger partial charge in [-0.2, -0.15) is 0 Å². The average Bonchev–Trinajstić information content (AvgIpc) is 2.45. The van der Waals surface area contributed by atoms with Gasteiger partial charge < -0.3 is 25.4 Å². The highest BCUT2D eigenvalue weighted by Gasteiger charge is 2.18. The molecule has 21 heavy (non-hydrogen) atoms. The lowest BCUT2D eigenvalue weighted by molar-refractivity contribution is -0.0117. The van der Waals surface area contributed by atoms with E-state index in [-0.39, 0.29) is 11.9 Å². The first-order valence-electron chi connectivity index (χ1n) is 7.36. The number of hydrogen-bond donors (Lipinski definition) is 2. The van der Waals surface area contributed by atoms with Gasteiger partial charge in [0, 0.05) is 31.8 Å². The first kappa shape index (κ1) is 15.9. The number of nitrogens with two attached hydrogens (primary N) is 1. The Bertz CT molecular complexity index is 470. The fourth-order valence-electron chi connectivity index (χ4n) is 2.26. The molecule has 1 unspecified atom stereocenters. The summed E-state index contributed by atoms with van der Waals surface area (Å²) >= 11 is 0. The summed E-state index contributed by atoms with van der Waals surface area (Å²) in [7, 11) is 2.07. The number of halogens is 1. The second-order valence-corrected chi connectivity index (χ2v) is 5.35. The maximum Gasteiger partial charge on any atom is 0.167 e. The Hall–Kier alpha value is -1.53. The highest BCUT2D eigenvalue weighted by atomic mass is 19.1. The number of nitrogens with one attached hydrogen (secondary N) is 1. The van der Waals surface area contributed by atoms with E-state index in [9.17, 15) is 4.39 Å². The number of anilines is 2. The van der Waals surface area contributed by atoms with Crippen LogP contribution >= 0.6 is 0 Å². The Morgan fingerprint density at radius 3 is 3.05 bits per heavy atom. The third-order valence-corrected chi connectivity index (χ3v) is 3.43. The molecule has 1 aliphatic rings. The molecule has 3 N–H and O–H groups in total. The molecule has 0 aliphatic carbocycles. The maximum absolute atomic E-state index is 13.7. The lowest BCUT2D eigenvalue weighted by Gasteiger charge is -2.30. The summed E-state index contributed by atoms with van der Waals surface area (Å²) in [6.07, 6.45) is 0.933. The van der Waals surface area contributed by atoms with Crippen LogP contribution in [0.5, 0.6) is 5.75 Å². The van der Waals surface area contributed by atoms with Crippen molar-refractivity contribution in [3.05, 3.63) is 17.9 Å². The molecule has 1 heterocycles. The topological polar surface area (TPSA) is 59.8 Å². The van der Waals surface area contributed by atoms with Crippen molar-refractivity contribution in [2.24, 2.45) is 0 Å². The fraction of sp³-hybridized carbons (Fsp3) is 0.600. The Labute approximate surface area is 125 Å². The average molecular weight is 297 g/mol. The number of ether oxygens (including phenoxy) is 2. The first-order chi connectivity index (χ1) is 10.1. The molecule has 0 spiro atoms. The van der Waals surface area contributed by atoms with Crippen LogP contribution in [0.1, 0.15) is 13.3 Å². The van der Waals surface area contributed by atoms with Gasteiger partial charge in [-0.3, -0.25) is 0 Å². The quantitative estimate of drug-likeness (QED) is 0.786. The Balaban J connectivity index is 1.98. The molecule has 0 bridgehead atoms. The molecule has 6 heteroatoms. The zero-order chi connectivity index (χ0) is 15.2. The van der Waals surface area contributed by atoms with Crippen molar-refractivity contribution in [3.8, 4) is 5.75 Å². The van der Waals surface area contributed by atoms with Crippen LogP contribution < -0.4 is 15.8 Å². The monoisotopic (exact) mass is 297 g/mol. The predicted molar refractivity (Wildman–Crippen MR) is 82.3 cm³/mol. The minimum Gasteiger partial charge on any atom is -0.490 e. The van der Waals surface area contributed by atoms with Gasteiger partial charge in [0.05, 0.1) is 30.7 Å². The molecule has 2 rings (SSSR count). The van der Waals surface area contributed by atoms with Gasteiger partial charge in [-0.25, -0.2) is 4.39 Å². The van der Waals surface area contributed by atoms with Gasteiger partial charge in [0.25, 0.3) is 0 Å². The molecule has 118 valence electrons. The number of nitrogen functional groups attached to an aromatic ring is 1. The van der Waals surface area contributed by atoms with Crippen LogP contribution in [-0.4, -0.2) is 50.9 Å². The molecule has 0 aromatic heterocycles. The van der Waals surface area contributed by atoms with Gasteiger partial charge in [0.15, 0.2) is 11.6 Å². The maximum atomic E-state index is 13.7. The largest absolute Gasteiger partial charge is 0.490 e. The van der Waals surface area contributed by atoms with E-state index in [0.717, 1.165) is 26.1 Å². The third kappa shape index (κ3) is 4.47. The van der Waals surface area contributed by atoms with Gasteiger partial charge in [0.2, 0.25) is 0 Å². The van der Waals surface area contributed by atoms with E-state index < -0.39 is 5.82 Å². The van der Waals surface area contributed by atoms with Crippen molar-refractivity contribution < 1.29 is 13.9 Å². The van der Waals surface area contributed by atoms with Crippen molar-refractivity contribution in [2.75, 3.05) is 50.9 Å². The van der Waals surface area contributed by atoms with E-state index in [2.05, 4.69) is 17.3 Å². The lowest BCUT2D eigenvalue weighted by Crippen LogP contribution is -2.43. The zero-order valence-electron chi connectivity index (χ0n) is 12.7. The van der Waals surface area contributed by atoms with Crippen LogP contribution in [0.2, 0.25) is 0 Å². The van der Waals surface area contributed by atoms with E-state index >= 15 is 0 Å². The molecule has 5 nitrogen and oxygen atoms in total. The van der Waals surface area contributed by atoms with Crippen molar-refractivity contribution in [1.82, 2.24) is 4.90 Å². The van der Waals surface area contributed by atoms with Crippen LogP contribution in [-0.2, 0) is 4.74 Å². The number of hydrogen-bond acceptors (Lipinski definition) is 5. The summed E-state index contributed by atoms with van der Waals surface area (Å²) in [6, 6.07) is 2.91. The minimum atomic E-state index is -0.430. The van der Waals surface area contributed by atoms with Crippen LogP contribution in [0.3, 0.4) is 0 Å². The molecule has 0 amide bonds. The van der Waals surface area contributed by atoms with Crippen LogP contribution in [0.15, 0.2) is 12.1 Å². The number of nitrogens with zero attached hydrogens (tertiary/aromatic N) is 1. The molecule has 0 saturated carbocycles. The highest BCUT2D eigenvalue weighted by Crippen LogP contribution is 2.28. The van der Waals surface area contributed by atoms with Crippen molar-refractivity contribution in [3.63, 3.8) is 0 Å². The van der Waals surface area contributed by atoms with Crippen LogP contribution in [0, 0.1) is 5.82 Å². The number of rotatable bonds is 6. The van der Waals surface area contributed by atoms with Crippen LogP contribution in [0.4, 0.5) is 15.8 Å². The first-order valence-corrected chi connectivity index (χ1v) is 7.36. The smallest absolute Gasteiger partial charge is 0.167 e. The van der Waals surface area contributed by atoms with Crippen molar-refractivity contribution >= 4 is 11.4 Å². The van der Waals surface area contributed by atoms with E-state index in [1.807, 2.05) is 6.92 Å². The molecule has 1 aliphatic heterocycles. The molecule has 1 atom stereocenters. The van der Waals surface area contributed by atoms with Gasteiger partial charge in [-0.05, 0) is 13.5 Å². The normalized spacial score (nSPS) is 19.5. The van der Waals surface area contributed by atoms with Crippen LogP contribution in [0.25, 0.3) is 0 Å². The molecule has 0 radical (unpaired) electrons. The second-order valence-electron chi connectivity index (χ2n) is 5.35. The summed E-state index contributed by atoms with van der Waals surface area (Å²) in [5.41, 5.74) is 6.91. The fourth-order valence-corrected chi connectivity index (χ4v) is 2.26. The Morgan fingerprint density at radius 2 is 2.33 bits per heavy atom. The highest BCUT2D eigenvalue weighted by molar-refractivity contribution is 5.68. The standard InChI is InChI=1S/C15H24FN3O2/c1-3-5-21-15-8-14(13(17)7-12(15)16)18-9-11-10-19(2)4-6-20-11/h7-8,11,18H,3-6,9-10,17H2,1-2H3. The van der Waals surface area contributed by atoms with Gasteiger partial charge in [-0.15, -0.1) is 0 Å². The number of likely N-dealkylation sites (N-methyl/N-ethyl adjacent to an activating group) is 1.